The van der Waals surface area contributed by atoms with Gasteiger partial charge in [0.2, 0.25) is 0 Å². The molecule has 0 aromatic rings. The molecular formula is C17H21O2-. The molecular weight excluding hydrogens is 236 g/mol. The largest absolute Gasteiger partial charge is 0.496 e. The highest BCUT2D eigenvalue weighted by Gasteiger charge is 2.56. The summed E-state index contributed by atoms with van der Waals surface area (Å²) in [5, 5.41) is 0. The molecule has 0 spiro atoms. The zero-order chi connectivity index (χ0) is 14.0. The molecule has 2 heteroatoms. The van der Waals surface area contributed by atoms with Crippen LogP contribution in [-0.4, -0.2) is 11.2 Å². The second-order valence-corrected chi connectivity index (χ2v) is 5.94. The lowest BCUT2D eigenvalue weighted by molar-refractivity contribution is -0.0956. The van der Waals surface area contributed by atoms with Crippen LogP contribution < -0.4 is 0 Å². The molecule has 0 saturated carbocycles. The minimum absolute atomic E-state index is 0.433. The normalized spacial score (nSPS) is 36.3. The van der Waals surface area contributed by atoms with E-state index < -0.39 is 11.2 Å². The Morgan fingerprint density at radius 3 is 1.89 bits per heavy atom. The first kappa shape index (κ1) is 12.5. The predicted octanol–water partition coefficient (Wildman–Crippen LogP) is 4.22. The van der Waals surface area contributed by atoms with Crippen LogP contribution in [0.25, 0.3) is 0 Å². The van der Waals surface area contributed by atoms with Gasteiger partial charge in [0.15, 0.2) is 5.60 Å². The molecule has 19 heavy (non-hydrogen) atoms. The maximum Gasteiger partial charge on any atom is 0.153 e. The van der Waals surface area contributed by atoms with E-state index in [0.717, 1.165) is 11.5 Å². The average Bonchev–Trinajstić information content (AvgIpc) is 2.79. The summed E-state index contributed by atoms with van der Waals surface area (Å²) in [6.07, 6.45) is 6.48. The molecule has 2 unspecified atom stereocenters. The van der Waals surface area contributed by atoms with Crippen molar-refractivity contribution in [3.05, 3.63) is 52.4 Å². The number of ether oxygens (including phenoxy) is 2. The smallest absolute Gasteiger partial charge is 0.153 e. The molecule has 2 nitrogen and oxygen atoms in total. The molecule has 0 bridgehead atoms. The molecule has 2 heterocycles. The van der Waals surface area contributed by atoms with E-state index in [2.05, 4.69) is 46.3 Å². The molecule has 0 N–H and O–H groups in total. The molecule has 0 saturated heterocycles. The minimum atomic E-state index is -0.442. The van der Waals surface area contributed by atoms with Crippen LogP contribution >= 0.6 is 0 Å². The third-order valence-electron chi connectivity index (χ3n) is 4.75. The van der Waals surface area contributed by atoms with E-state index in [1.54, 1.807) is 0 Å². The van der Waals surface area contributed by atoms with Gasteiger partial charge in [0, 0.05) is 0 Å². The van der Waals surface area contributed by atoms with Crippen molar-refractivity contribution in [3.63, 3.8) is 0 Å². The van der Waals surface area contributed by atoms with Gasteiger partial charge >= 0.3 is 0 Å². The van der Waals surface area contributed by atoms with Gasteiger partial charge in [0.05, 0.1) is 11.5 Å². The minimum Gasteiger partial charge on any atom is -0.496 e. The van der Waals surface area contributed by atoms with E-state index in [-0.39, 0.29) is 0 Å². The molecule has 3 aliphatic rings. The zero-order valence-corrected chi connectivity index (χ0v) is 12.5. The first-order valence-electron chi connectivity index (χ1n) is 6.84. The Balaban J connectivity index is 2.31. The molecule has 0 radical (unpaired) electrons. The summed E-state index contributed by atoms with van der Waals surface area (Å²) < 4.78 is 12.4. The van der Waals surface area contributed by atoms with Crippen LogP contribution in [-0.2, 0) is 9.47 Å². The van der Waals surface area contributed by atoms with Crippen LogP contribution in [0.4, 0.5) is 0 Å². The SMILES string of the molecule is C[CH-]C1=C2C=C(C)OC2(C)C2(C)OC(C)=CC2=C1C. The Kier molecular flexibility index (Phi) is 2.30. The Hall–Kier alpha value is -1.57. The summed E-state index contributed by atoms with van der Waals surface area (Å²) in [5.41, 5.74) is 4.18. The maximum atomic E-state index is 6.19. The second-order valence-electron chi connectivity index (χ2n) is 5.94. The summed E-state index contributed by atoms with van der Waals surface area (Å²) >= 11 is 0. The Morgan fingerprint density at radius 2 is 1.37 bits per heavy atom. The van der Waals surface area contributed by atoms with Gasteiger partial charge in [-0.15, -0.1) is 5.57 Å². The summed E-state index contributed by atoms with van der Waals surface area (Å²) in [7, 11) is 0. The molecule has 0 fully saturated rings. The van der Waals surface area contributed by atoms with Gasteiger partial charge in [-0.25, -0.2) is 0 Å². The van der Waals surface area contributed by atoms with Crippen molar-refractivity contribution in [2.75, 3.05) is 0 Å². The van der Waals surface area contributed by atoms with Crippen LogP contribution in [0.1, 0.15) is 41.5 Å². The van der Waals surface area contributed by atoms with Crippen molar-refractivity contribution >= 4 is 0 Å². The summed E-state index contributed by atoms with van der Waals surface area (Å²) in [6, 6.07) is 0. The number of rotatable bonds is 1. The number of fused-ring (bicyclic) bond motifs is 3. The zero-order valence-electron chi connectivity index (χ0n) is 12.5. The number of hydrogen-bond donors (Lipinski definition) is 0. The molecule has 0 amide bonds. The topological polar surface area (TPSA) is 18.5 Å². The Morgan fingerprint density at radius 1 is 0.895 bits per heavy atom. The molecule has 0 aromatic carbocycles. The van der Waals surface area contributed by atoms with E-state index in [4.69, 9.17) is 9.47 Å². The van der Waals surface area contributed by atoms with E-state index in [1.165, 1.54) is 22.3 Å². The quantitative estimate of drug-likeness (QED) is 0.655. The molecule has 0 aromatic heterocycles. The average molecular weight is 257 g/mol. The highest BCUT2D eigenvalue weighted by molar-refractivity contribution is 5.63. The van der Waals surface area contributed by atoms with Crippen LogP contribution in [0, 0.1) is 6.42 Å². The lowest BCUT2D eigenvalue weighted by Gasteiger charge is -2.51. The lowest BCUT2D eigenvalue weighted by Crippen LogP contribution is -2.54. The second kappa shape index (κ2) is 3.50. The molecule has 1 aliphatic carbocycles. The van der Waals surface area contributed by atoms with Crippen molar-refractivity contribution in [2.24, 2.45) is 0 Å². The molecule has 2 aliphatic heterocycles. The van der Waals surface area contributed by atoms with Gasteiger partial charge in [-0.3, -0.25) is 0 Å². The predicted molar refractivity (Wildman–Crippen MR) is 76.2 cm³/mol. The highest BCUT2D eigenvalue weighted by atomic mass is 16.6. The van der Waals surface area contributed by atoms with Crippen LogP contribution in [0.5, 0.6) is 0 Å². The van der Waals surface area contributed by atoms with E-state index in [0.29, 0.717) is 0 Å². The molecule has 3 rings (SSSR count). The van der Waals surface area contributed by atoms with Crippen LogP contribution in [0.15, 0.2) is 46.0 Å². The fourth-order valence-corrected chi connectivity index (χ4v) is 3.72. The molecule has 102 valence electrons. The van der Waals surface area contributed by atoms with Crippen LogP contribution in [0.2, 0.25) is 0 Å². The van der Waals surface area contributed by atoms with Crippen molar-refractivity contribution in [1.29, 1.82) is 0 Å². The standard InChI is InChI=1S/C17H21O2/c1-7-13-12(4)14-8-10(2)18-16(14,5)17(6)15(13)9-11(3)19-17/h7-9H,1-6H3/q-1. The van der Waals surface area contributed by atoms with Gasteiger partial charge < -0.3 is 9.47 Å². The fourth-order valence-electron chi connectivity index (χ4n) is 3.72. The van der Waals surface area contributed by atoms with Crippen molar-refractivity contribution in [2.45, 2.75) is 52.7 Å². The van der Waals surface area contributed by atoms with Crippen molar-refractivity contribution in [3.8, 4) is 0 Å². The first-order valence-corrected chi connectivity index (χ1v) is 6.84. The van der Waals surface area contributed by atoms with E-state index in [9.17, 15) is 0 Å². The summed E-state index contributed by atoms with van der Waals surface area (Å²) in [4.78, 5) is 0. The highest BCUT2D eigenvalue weighted by Crippen LogP contribution is 2.56. The van der Waals surface area contributed by atoms with E-state index in [1.807, 2.05) is 13.8 Å². The van der Waals surface area contributed by atoms with Crippen molar-refractivity contribution in [1.82, 2.24) is 0 Å². The van der Waals surface area contributed by atoms with Gasteiger partial charge in [-0.05, 0) is 33.8 Å². The number of allylic oxidation sites excluding steroid dienone is 4. The molecule has 2 atom stereocenters. The van der Waals surface area contributed by atoms with Crippen molar-refractivity contribution < 1.29 is 9.47 Å². The monoisotopic (exact) mass is 257 g/mol. The third kappa shape index (κ3) is 1.29. The van der Waals surface area contributed by atoms with E-state index >= 15 is 0 Å². The lowest BCUT2D eigenvalue weighted by atomic mass is 9.67. The Bertz CT molecular complexity index is 588. The van der Waals surface area contributed by atoms with Gasteiger partial charge in [0.25, 0.3) is 0 Å². The van der Waals surface area contributed by atoms with Crippen LogP contribution in [0.3, 0.4) is 0 Å². The van der Waals surface area contributed by atoms with Gasteiger partial charge in [-0.2, -0.15) is 12.0 Å². The number of hydrogen-bond acceptors (Lipinski definition) is 2. The van der Waals surface area contributed by atoms with Gasteiger partial charge in [-0.1, -0.05) is 31.1 Å². The maximum absolute atomic E-state index is 6.19. The third-order valence-corrected chi connectivity index (χ3v) is 4.75. The fraction of sp³-hybridized carbons (Fsp3) is 0.471. The summed E-state index contributed by atoms with van der Waals surface area (Å²) in [6.45, 7) is 12.6. The van der Waals surface area contributed by atoms with Gasteiger partial charge in [0.1, 0.15) is 5.60 Å². The first-order chi connectivity index (χ1) is 8.83. The Labute approximate surface area is 115 Å². The summed E-state index contributed by atoms with van der Waals surface area (Å²) in [5.74, 6) is 1.92.